The van der Waals surface area contributed by atoms with E-state index in [2.05, 4.69) is 19.2 Å². The van der Waals surface area contributed by atoms with Gasteiger partial charge in [-0.1, -0.05) is 13.8 Å². The lowest BCUT2D eigenvalue weighted by Gasteiger charge is -2.23. The van der Waals surface area contributed by atoms with Gasteiger partial charge in [-0.3, -0.25) is 4.79 Å². The fourth-order valence-corrected chi connectivity index (χ4v) is 1.93. The van der Waals surface area contributed by atoms with Gasteiger partial charge < -0.3 is 19.5 Å². The fourth-order valence-electron chi connectivity index (χ4n) is 1.93. The monoisotopic (exact) mass is 281 g/mol. The lowest BCUT2D eigenvalue weighted by atomic mass is 10.2. The molecule has 0 atom stereocenters. The fraction of sp³-hybridized carbons (Fsp3) is 0.667. The molecule has 20 heavy (non-hydrogen) atoms. The van der Waals surface area contributed by atoms with Crippen LogP contribution in [0, 0.1) is 5.92 Å². The minimum Gasteiger partial charge on any atom is -0.383 e. The molecular weight excluding hydrogens is 254 g/mol. The van der Waals surface area contributed by atoms with E-state index in [1.807, 2.05) is 34.8 Å². The van der Waals surface area contributed by atoms with E-state index in [0.29, 0.717) is 32.2 Å². The summed E-state index contributed by atoms with van der Waals surface area (Å²) >= 11 is 0. The lowest BCUT2D eigenvalue weighted by Crippen LogP contribution is -2.40. The first-order chi connectivity index (χ1) is 9.54. The number of hydrogen-bond acceptors (Lipinski definition) is 3. The van der Waals surface area contributed by atoms with Gasteiger partial charge in [0.05, 0.1) is 19.7 Å². The van der Waals surface area contributed by atoms with E-state index in [0.717, 1.165) is 12.2 Å². The lowest BCUT2D eigenvalue weighted by molar-refractivity contribution is -0.131. The normalized spacial score (nSPS) is 11.1. The quantitative estimate of drug-likeness (QED) is 0.741. The van der Waals surface area contributed by atoms with Gasteiger partial charge in [-0.15, -0.1) is 0 Å². The number of aromatic nitrogens is 1. The third-order valence-corrected chi connectivity index (χ3v) is 3.15. The molecule has 0 bridgehead atoms. The van der Waals surface area contributed by atoms with Crippen LogP contribution in [0.5, 0.6) is 0 Å². The molecule has 1 heterocycles. The van der Waals surface area contributed by atoms with Gasteiger partial charge in [0.2, 0.25) is 5.91 Å². The number of ether oxygens (including phenoxy) is 1. The maximum absolute atomic E-state index is 12.3. The Bertz CT molecular complexity index is 402. The number of rotatable bonds is 9. The average Bonchev–Trinajstić information content (AvgIpc) is 2.79. The first kappa shape index (κ1) is 16.7. The van der Waals surface area contributed by atoms with Crippen molar-refractivity contribution >= 4 is 5.91 Å². The van der Waals surface area contributed by atoms with E-state index < -0.39 is 0 Å². The van der Waals surface area contributed by atoms with Crippen molar-refractivity contribution in [1.82, 2.24) is 14.8 Å². The Morgan fingerprint density at radius 2 is 2.25 bits per heavy atom. The molecule has 5 nitrogen and oxygen atoms in total. The number of carbonyl (C=O) groups is 1. The zero-order valence-corrected chi connectivity index (χ0v) is 13.1. The van der Waals surface area contributed by atoms with Crippen molar-refractivity contribution in [2.75, 3.05) is 33.4 Å². The van der Waals surface area contributed by atoms with E-state index in [4.69, 9.17) is 4.74 Å². The molecule has 0 fully saturated rings. The Kier molecular flexibility index (Phi) is 7.33. The van der Waals surface area contributed by atoms with Gasteiger partial charge in [-0.25, -0.2) is 0 Å². The first-order valence-corrected chi connectivity index (χ1v) is 7.12. The second-order valence-electron chi connectivity index (χ2n) is 5.44. The number of methoxy groups -OCH3 is 1. The number of nitrogens with one attached hydrogen (secondary N) is 1. The summed E-state index contributed by atoms with van der Waals surface area (Å²) in [5, 5.41) is 3.20. The van der Waals surface area contributed by atoms with E-state index >= 15 is 0 Å². The molecule has 0 aliphatic rings. The predicted molar refractivity (Wildman–Crippen MR) is 80.4 cm³/mol. The highest BCUT2D eigenvalue weighted by Gasteiger charge is 2.14. The Morgan fingerprint density at radius 3 is 2.80 bits per heavy atom. The maximum atomic E-state index is 12.3. The molecule has 0 spiro atoms. The molecule has 1 aromatic heterocycles. The molecule has 1 N–H and O–H groups in total. The van der Waals surface area contributed by atoms with Gasteiger partial charge in [0, 0.05) is 32.6 Å². The van der Waals surface area contributed by atoms with Crippen LogP contribution >= 0.6 is 0 Å². The van der Waals surface area contributed by atoms with Crippen LogP contribution in [-0.2, 0) is 23.1 Å². The molecule has 0 radical (unpaired) electrons. The van der Waals surface area contributed by atoms with Crippen molar-refractivity contribution in [3.8, 4) is 0 Å². The minimum atomic E-state index is 0.115. The van der Waals surface area contributed by atoms with E-state index in [9.17, 15) is 4.79 Å². The van der Waals surface area contributed by atoms with E-state index in [1.165, 1.54) is 0 Å². The summed E-state index contributed by atoms with van der Waals surface area (Å²) in [4.78, 5) is 14.1. The summed E-state index contributed by atoms with van der Waals surface area (Å²) in [7, 11) is 3.65. The van der Waals surface area contributed by atoms with Crippen LogP contribution in [0.25, 0.3) is 0 Å². The Labute approximate surface area is 121 Å². The van der Waals surface area contributed by atoms with Crippen LogP contribution in [-0.4, -0.2) is 48.7 Å². The molecule has 0 aromatic carbocycles. The van der Waals surface area contributed by atoms with Crippen molar-refractivity contribution in [3.05, 3.63) is 24.0 Å². The molecule has 114 valence electrons. The highest BCUT2D eigenvalue weighted by molar-refractivity contribution is 5.78. The molecule has 1 amide bonds. The molecule has 5 heteroatoms. The van der Waals surface area contributed by atoms with Crippen molar-refractivity contribution in [2.45, 2.75) is 20.4 Å². The van der Waals surface area contributed by atoms with Gasteiger partial charge in [0.25, 0.3) is 0 Å². The van der Waals surface area contributed by atoms with Gasteiger partial charge in [-0.05, 0) is 24.6 Å². The number of amides is 1. The first-order valence-electron chi connectivity index (χ1n) is 7.12. The summed E-state index contributed by atoms with van der Waals surface area (Å²) in [5.74, 6) is 0.659. The summed E-state index contributed by atoms with van der Waals surface area (Å²) in [6.45, 7) is 7.29. The van der Waals surface area contributed by atoms with Gasteiger partial charge in [-0.2, -0.15) is 0 Å². The number of nitrogens with zero attached hydrogens (tertiary/aromatic N) is 2. The standard InChI is InChI=1S/C15H27N3O2/c1-13(2)10-16-11-15(19)18(8-9-20-4)12-14-6-5-7-17(14)3/h5-7,13,16H,8-12H2,1-4H3. The van der Waals surface area contributed by atoms with Crippen molar-refractivity contribution in [2.24, 2.45) is 13.0 Å². The summed E-state index contributed by atoms with van der Waals surface area (Å²) in [5.41, 5.74) is 1.12. The van der Waals surface area contributed by atoms with Crippen LogP contribution in [0.2, 0.25) is 0 Å². The van der Waals surface area contributed by atoms with Crippen LogP contribution in [0.15, 0.2) is 18.3 Å². The van der Waals surface area contributed by atoms with Crippen LogP contribution in [0.3, 0.4) is 0 Å². The molecule has 0 unspecified atom stereocenters. The highest BCUT2D eigenvalue weighted by Crippen LogP contribution is 2.05. The third-order valence-electron chi connectivity index (χ3n) is 3.15. The smallest absolute Gasteiger partial charge is 0.236 e. The molecule has 0 aliphatic carbocycles. The summed E-state index contributed by atoms with van der Waals surface area (Å²) in [6, 6.07) is 4.03. The van der Waals surface area contributed by atoms with Crippen molar-refractivity contribution in [3.63, 3.8) is 0 Å². The average molecular weight is 281 g/mol. The summed E-state index contributed by atoms with van der Waals surface area (Å²) in [6.07, 6.45) is 1.99. The Morgan fingerprint density at radius 1 is 1.50 bits per heavy atom. The number of hydrogen-bond donors (Lipinski definition) is 1. The molecule has 0 saturated heterocycles. The van der Waals surface area contributed by atoms with Crippen LogP contribution in [0.1, 0.15) is 19.5 Å². The van der Waals surface area contributed by atoms with Crippen molar-refractivity contribution in [1.29, 1.82) is 0 Å². The SMILES string of the molecule is COCCN(Cc1cccn1C)C(=O)CNCC(C)C. The topological polar surface area (TPSA) is 46.5 Å². The van der Waals surface area contributed by atoms with Crippen molar-refractivity contribution < 1.29 is 9.53 Å². The molecule has 1 aromatic rings. The zero-order valence-electron chi connectivity index (χ0n) is 13.1. The number of carbonyl (C=O) groups excluding carboxylic acids is 1. The Hall–Kier alpha value is -1.33. The van der Waals surface area contributed by atoms with E-state index in [1.54, 1.807) is 7.11 Å². The van der Waals surface area contributed by atoms with Gasteiger partial charge in [0.1, 0.15) is 0 Å². The summed E-state index contributed by atoms with van der Waals surface area (Å²) < 4.78 is 7.13. The number of aryl methyl sites for hydroxylation is 1. The van der Waals surface area contributed by atoms with Crippen LogP contribution in [0.4, 0.5) is 0 Å². The molecule has 0 aliphatic heterocycles. The Balaban J connectivity index is 2.54. The maximum Gasteiger partial charge on any atom is 0.236 e. The third kappa shape index (κ3) is 5.75. The second-order valence-corrected chi connectivity index (χ2v) is 5.44. The molecule has 1 rings (SSSR count). The van der Waals surface area contributed by atoms with Gasteiger partial charge in [0.15, 0.2) is 0 Å². The second kappa shape index (κ2) is 8.76. The minimum absolute atomic E-state index is 0.115. The largest absolute Gasteiger partial charge is 0.383 e. The zero-order chi connectivity index (χ0) is 15.0. The van der Waals surface area contributed by atoms with Crippen LogP contribution < -0.4 is 5.32 Å². The molecule has 0 saturated carbocycles. The van der Waals surface area contributed by atoms with Gasteiger partial charge >= 0.3 is 0 Å². The highest BCUT2D eigenvalue weighted by atomic mass is 16.5. The molecular formula is C15H27N3O2. The van der Waals surface area contributed by atoms with E-state index in [-0.39, 0.29) is 5.91 Å². The predicted octanol–water partition coefficient (Wildman–Crippen LogP) is 1.25.